The van der Waals surface area contributed by atoms with Crippen LogP contribution in [0.5, 0.6) is 0 Å². The maximum atomic E-state index is 12.3. The van der Waals surface area contributed by atoms with Crippen LogP contribution in [0.3, 0.4) is 0 Å². The molecule has 8 nitrogen and oxygen atoms in total. The second-order valence-corrected chi connectivity index (χ2v) is 9.59. The van der Waals surface area contributed by atoms with Crippen LogP contribution in [0, 0.1) is 0 Å². The maximum Gasteiger partial charge on any atom is 0.240 e. The minimum Gasteiger partial charge on any atom is -0.357 e. The number of hydrogen-bond donors (Lipinski definition) is 2. The van der Waals surface area contributed by atoms with Crippen LogP contribution >= 0.6 is 0 Å². The number of aliphatic imine (C=N–C) groups is 1. The molecular formula is C22H30N6O2S. The number of piperazine rings is 1. The fourth-order valence-corrected chi connectivity index (χ4v) is 4.85. The summed E-state index contributed by atoms with van der Waals surface area (Å²) in [4.78, 5) is 14.1. The van der Waals surface area contributed by atoms with Gasteiger partial charge in [-0.3, -0.25) is 0 Å². The average molecular weight is 443 g/mol. The molecule has 1 aliphatic carbocycles. The van der Waals surface area contributed by atoms with Gasteiger partial charge >= 0.3 is 0 Å². The molecule has 31 heavy (non-hydrogen) atoms. The number of hydrogen-bond acceptors (Lipinski definition) is 5. The van der Waals surface area contributed by atoms with Crippen LogP contribution in [-0.2, 0) is 16.6 Å². The predicted molar refractivity (Wildman–Crippen MR) is 123 cm³/mol. The standard InChI is InChI=1S/C22H30N6O2S/c1-2-23-22(28-15-13-27(14-16-28)21-5-3-4-12-24-21)25-17-18-6-10-20(11-7-18)31(29,30)26-19-8-9-19/h3-7,10-12,19,26H,2,8-9,13-17H2,1H3,(H,23,25). The van der Waals surface area contributed by atoms with Crippen molar-refractivity contribution in [1.29, 1.82) is 0 Å². The van der Waals surface area contributed by atoms with E-state index < -0.39 is 10.0 Å². The van der Waals surface area contributed by atoms with Crippen molar-refractivity contribution in [2.24, 2.45) is 4.99 Å². The molecule has 4 rings (SSSR count). The quantitative estimate of drug-likeness (QED) is 0.502. The Balaban J connectivity index is 1.36. The van der Waals surface area contributed by atoms with Crippen molar-refractivity contribution in [1.82, 2.24) is 19.9 Å². The van der Waals surface area contributed by atoms with Crippen molar-refractivity contribution < 1.29 is 8.42 Å². The number of guanidine groups is 1. The summed E-state index contributed by atoms with van der Waals surface area (Å²) in [6.07, 6.45) is 3.68. The molecule has 2 heterocycles. The summed E-state index contributed by atoms with van der Waals surface area (Å²) in [6, 6.07) is 13.1. The Morgan fingerprint density at radius 1 is 1.10 bits per heavy atom. The van der Waals surface area contributed by atoms with Gasteiger partial charge in [-0.05, 0) is 49.6 Å². The number of nitrogens with one attached hydrogen (secondary N) is 2. The number of nitrogens with zero attached hydrogens (tertiary/aromatic N) is 4. The first-order valence-electron chi connectivity index (χ1n) is 10.9. The lowest BCUT2D eigenvalue weighted by molar-refractivity contribution is 0.371. The molecule has 0 amide bonds. The van der Waals surface area contributed by atoms with Crippen LogP contribution in [0.2, 0.25) is 0 Å². The van der Waals surface area contributed by atoms with E-state index in [9.17, 15) is 8.42 Å². The molecule has 1 aliphatic heterocycles. The van der Waals surface area contributed by atoms with Gasteiger partial charge in [-0.15, -0.1) is 0 Å². The molecule has 1 aromatic heterocycles. The molecule has 1 saturated heterocycles. The van der Waals surface area contributed by atoms with Gasteiger partial charge in [-0.2, -0.15) is 0 Å². The van der Waals surface area contributed by atoms with Gasteiger partial charge < -0.3 is 15.1 Å². The Bertz CT molecular complexity index is 982. The van der Waals surface area contributed by atoms with Gasteiger partial charge in [0.15, 0.2) is 5.96 Å². The molecule has 0 radical (unpaired) electrons. The van der Waals surface area contributed by atoms with Crippen molar-refractivity contribution in [3.8, 4) is 0 Å². The zero-order chi connectivity index (χ0) is 21.7. The zero-order valence-electron chi connectivity index (χ0n) is 17.9. The van der Waals surface area contributed by atoms with Gasteiger partial charge in [0.1, 0.15) is 5.82 Å². The summed E-state index contributed by atoms with van der Waals surface area (Å²) in [5.41, 5.74) is 0.980. The number of benzene rings is 1. The van der Waals surface area contributed by atoms with Gasteiger partial charge in [-0.25, -0.2) is 23.1 Å². The van der Waals surface area contributed by atoms with Crippen LogP contribution in [0.1, 0.15) is 25.3 Å². The molecule has 0 atom stereocenters. The smallest absolute Gasteiger partial charge is 0.240 e. The highest BCUT2D eigenvalue weighted by Crippen LogP contribution is 2.22. The van der Waals surface area contributed by atoms with Crippen LogP contribution in [0.4, 0.5) is 5.82 Å². The average Bonchev–Trinajstić information content (AvgIpc) is 3.61. The van der Waals surface area contributed by atoms with Crippen molar-refractivity contribution >= 4 is 21.8 Å². The molecule has 2 aromatic rings. The van der Waals surface area contributed by atoms with E-state index in [1.54, 1.807) is 12.1 Å². The first-order chi connectivity index (χ1) is 15.0. The van der Waals surface area contributed by atoms with E-state index in [2.05, 4.69) is 31.7 Å². The van der Waals surface area contributed by atoms with E-state index in [0.717, 1.165) is 62.9 Å². The van der Waals surface area contributed by atoms with Crippen molar-refractivity contribution in [3.05, 3.63) is 54.2 Å². The lowest BCUT2D eigenvalue weighted by atomic mass is 10.2. The van der Waals surface area contributed by atoms with Gasteiger partial charge in [0.05, 0.1) is 11.4 Å². The Kier molecular flexibility index (Phi) is 6.72. The Hall–Kier alpha value is -2.65. The third kappa shape index (κ3) is 5.74. The molecule has 1 aromatic carbocycles. The van der Waals surface area contributed by atoms with E-state index in [1.165, 1.54) is 0 Å². The first-order valence-corrected chi connectivity index (χ1v) is 12.3. The van der Waals surface area contributed by atoms with Crippen LogP contribution < -0.4 is 14.9 Å². The van der Waals surface area contributed by atoms with Crippen LogP contribution in [0.15, 0.2) is 58.5 Å². The van der Waals surface area contributed by atoms with E-state index >= 15 is 0 Å². The third-order valence-corrected chi connectivity index (χ3v) is 6.97. The summed E-state index contributed by atoms with van der Waals surface area (Å²) in [5.74, 6) is 1.89. The number of anilines is 1. The Labute approximate surface area is 184 Å². The van der Waals surface area contributed by atoms with Crippen molar-refractivity contribution in [2.45, 2.75) is 37.2 Å². The lowest BCUT2D eigenvalue weighted by Crippen LogP contribution is -2.52. The second-order valence-electron chi connectivity index (χ2n) is 7.87. The van der Waals surface area contributed by atoms with Gasteiger partial charge in [-0.1, -0.05) is 18.2 Å². The first kappa shape index (κ1) is 21.6. The molecule has 0 unspecified atom stereocenters. The van der Waals surface area contributed by atoms with E-state index in [1.807, 2.05) is 36.5 Å². The van der Waals surface area contributed by atoms with E-state index in [-0.39, 0.29) is 6.04 Å². The number of rotatable bonds is 7. The largest absolute Gasteiger partial charge is 0.357 e. The molecule has 2 aliphatic rings. The topological polar surface area (TPSA) is 89.9 Å². The van der Waals surface area contributed by atoms with Gasteiger partial charge in [0.25, 0.3) is 0 Å². The SMILES string of the molecule is CCNC(=NCc1ccc(S(=O)(=O)NC2CC2)cc1)N1CCN(c2ccccn2)CC1. The van der Waals surface area contributed by atoms with Crippen molar-refractivity contribution in [2.75, 3.05) is 37.6 Å². The lowest BCUT2D eigenvalue weighted by Gasteiger charge is -2.37. The highest BCUT2D eigenvalue weighted by Gasteiger charge is 2.27. The van der Waals surface area contributed by atoms with Crippen molar-refractivity contribution in [3.63, 3.8) is 0 Å². The minimum absolute atomic E-state index is 0.107. The minimum atomic E-state index is -3.42. The molecule has 166 valence electrons. The highest BCUT2D eigenvalue weighted by molar-refractivity contribution is 7.89. The normalized spacial score (nSPS) is 17.6. The monoisotopic (exact) mass is 442 g/mol. The fourth-order valence-electron chi connectivity index (χ4n) is 3.54. The summed E-state index contributed by atoms with van der Waals surface area (Å²) >= 11 is 0. The maximum absolute atomic E-state index is 12.3. The summed E-state index contributed by atoms with van der Waals surface area (Å²) in [7, 11) is -3.42. The number of sulfonamides is 1. The number of aromatic nitrogens is 1. The highest BCUT2D eigenvalue weighted by atomic mass is 32.2. The predicted octanol–water partition coefficient (Wildman–Crippen LogP) is 1.81. The Morgan fingerprint density at radius 3 is 2.45 bits per heavy atom. The second kappa shape index (κ2) is 9.65. The summed E-state index contributed by atoms with van der Waals surface area (Å²) in [5, 5.41) is 3.38. The van der Waals surface area contributed by atoms with Crippen LogP contribution in [0.25, 0.3) is 0 Å². The molecule has 2 N–H and O–H groups in total. The summed E-state index contributed by atoms with van der Waals surface area (Å²) < 4.78 is 27.3. The van der Waals surface area contributed by atoms with Gasteiger partial charge in [0, 0.05) is 45.0 Å². The molecule has 0 spiro atoms. The third-order valence-electron chi connectivity index (χ3n) is 5.43. The molecular weight excluding hydrogens is 412 g/mol. The molecule has 2 fully saturated rings. The Morgan fingerprint density at radius 2 is 1.84 bits per heavy atom. The van der Waals surface area contributed by atoms with Crippen LogP contribution in [-0.4, -0.2) is 63.0 Å². The number of pyridine rings is 1. The molecule has 9 heteroatoms. The molecule has 0 bridgehead atoms. The molecule has 1 saturated carbocycles. The zero-order valence-corrected chi connectivity index (χ0v) is 18.7. The fraction of sp³-hybridized carbons (Fsp3) is 0.455. The van der Waals surface area contributed by atoms with E-state index in [4.69, 9.17) is 4.99 Å². The van der Waals surface area contributed by atoms with E-state index in [0.29, 0.717) is 11.4 Å². The summed E-state index contributed by atoms with van der Waals surface area (Å²) in [6.45, 7) is 6.87. The van der Waals surface area contributed by atoms with Gasteiger partial charge in [0.2, 0.25) is 10.0 Å².